The summed E-state index contributed by atoms with van der Waals surface area (Å²) in [6, 6.07) is 11.7. The lowest BCUT2D eigenvalue weighted by Gasteiger charge is -2.34. The molecule has 1 aliphatic heterocycles. The first-order valence-electron chi connectivity index (χ1n) is 9.82. The molecule has 2 aromatic rings. The van der Waals surface area contributed by atoms with Crippen molar-refractivity contribution in [1.82, 2.24) is 14.6 Å². The predicted molar refractivity (Wildman–Crippen MR) is 117 cm³/mol. The standard InChI is InChI=1S/C20H24F2N4O3S2/c21-20(22)30-17-7-2-1-6-16(17)19(27)24-10-5-15-31(28,29)26-13-11-25(12-14-26)18-8-3-4-9-23-18/h1-4,6-9,20H,5,10-15H2,(H,24,27). The number of anilines is 1. The van der Waals surface area contributed by atoms with Crippen LogP contribution in [0.25, 0.3) is 0 Å². The Balaban J connectivity index is 1.45. The summed E-state index contributed by atoms with van der Waals surface area (Å²) >= 11 is 0.309. The molecule has 1 fully saturated rings. The van der Waals surface area contributed by atoms with Gasteiger partial charge in [0.1, 0.15) is 5.82 Å². The molecular weight excluding hydrogens is 446 g/mol. The second-order valence-corrected chi connectivity index (χ2v) is 9.99. The van der Waals surface area contributed by atoms with Crippen molar-refractivity contribution >= 4 is 33.5 Å². The average Bonchev–Trinajstić information content (AvgIpc) is 2.77. The Labute approximate surface area is 184 Å². The number of carbonyl (C=O) groups excluding carboxylic acids is 1. The van der Waals surface area contributed by atoms with E-state index < -0.39 is 21.7 Å². The van der Waals surface area contributed by atoms with Gasteiger partial charge in [-0.25, -0.2) is 13.4 Å². The van der Waals surface area contributed by atoms with Gasteiger partial charge in [0, 0.05) is 43.8 Å². The molecule has 0 spiro atoms. The fraction of sp³-hybridized carbons (Fsp3) is 0.400. The van der Waals surface area contributed by atoms with Crippen LogP contribution in [-0.4, -0.2) is 67.8 Å². The van der Waals surface area contributed by atoms with E-state index >= 15 is 0 Å². The first kappa shape index (κ1) is 23.4. The number of thioether (sulfide) groups is 1. The van der Waals surface area contributed by atoms with Gasteiger partial charge in [0.25, 0.3) is 11.7 Å². The molecule has 1 aromatic heterocycles. The summed E-state index contributed by atoms with van der Waals surface area (Å²) in [5.41, 5.74) is 0.154. The summed E-state index contributed by atoms with van der Waals surface area (Å²) in [6.45, 7) is 2.02. The van der Waals surface area contributed by atoms with Gasteiger partial charge in [0.2, 0.25) is 10.0 Å². The molecule has 0 saturated carbocycles. The highest BCUT2D eigenvalue weighted by Crippen LogP contribution is 2.28. The molecule has 1 aromatic carbocycles. The number of aromatic nitrogens is 1. The van der Waals surface area contributed by atoms with Crippen LogP contribution < -0.4 is 10.2 Å². The lowest BCUT2D eigenvalue weighted by atomic mass is 10.2. The van der Waals surface area contributed by atoms with Crippen LogP contribution >= 0.6 is 11.8 Å². The number of pyridine rings is 1. The van der Waals surface area contributed by atoms with E-state index in [1.54, 1.807) is 18.3 Å². The number of amides is 1. The molecular formula is C20H24F2N4O3S2. The second kappa shape index (κ2) is 10.9. The summed E-state index contributed by atoms with van der Waals surface area (Å²) in [5, 5.41) is 2.62. The van der Waals surface area contributed by atoms with Gasteiger partial charge in [0.05, 0.1) is 11.3 Å². The molecule has 1 amide bonds. The van der Waals surface area contributed by atoms with Crippen LogP contribution in [-0.2, 0) is 10.0 Å². The van der Waals surface area contributed by atoms with E-state index in [1.807, 2.05) is 23.1 Å². The molecule has 1 aliphatic rings. The SMILES string of the molecule is O=C(NCCCS(=O)(=O)N1CCN(c2ccccn2)CC1)c1ccccc1SC(F)F. The molecule has 3 rings (SSSR count). The molecule has 0 unspecified atom stereocenters. The quantitative estimate of drug-likeness (QED) is 0.448. The maximum atomic E-state index is 12.7. The van der Waals surface area contributed by atoms with Crippen molar-refractivity contribution in [2.45, 2.75) is 17.1 Å². The number of benzene rings is 1. The average molecular weight is 471 g/mol. The van der Waals surface area contributed by atoms with E-state index in [0.29, 0.717) is 37.9 Å². The minimum absolute atomic E-state index is 0.0930. The number of halogens is 2. The minimum Gasteiger partial charge on any atom is -0.354 e. The molecule has 0 atom stereocenters. The summed E-state index contributed by atoms with van der Waals surface area (Å²) < 4.78 is 52.0. The molecule has 7 nitrogen and oxygen atoms in total. The Bertz CT molecular complexity index is 969. The van der Waals surface area contributed by atoms with Crippen molar-refractivity contribution in [1.29, 1.82) is 0 Å². The number of alkyl halides is 2. The predicted octanol–water partition coefficient (Wildman–Crippen LogP) is 2.67. The lowest BCUT2D eigenvalue weighted by molar-refractivity contribution is 0.0950. The highest BCUT2D eigenvalue weighted by molar-refractivity contribution is 7.99. The van der Waals surface area contributed by atoms with Gasteiger partial charge < -0.3 is 10.2 Å². The molecule has 1 N–H and O–H groups in total. The number of hydrogen-bond donors (Lipinski definition) is 1. The largest absolute Gasteiger partial charge is 0.354 e. The van der Waals surface area contributed by atoms with Gasteiger partial charge in [-0.2, -0.15) is 13.1 Å². The zero-order valence-corrected chi connectivity index (χ0v) is 18.4. The van der Waals surface area contributed by atoms with Gasteiger partial charge in [-0.3, -0.25) is 4.79 Å². The number of piperazine rings is 1. The number of sulfonamides is 1. The Hall–Kier alpha value is -2.24. The fourth-order valence-electron chi connectivity index (χ4n) is 3.27. The number of carbonyl (C=O) groups is 1. The van der Waals surface area contributed by atoms with Crippen LogP contribution in [0.15, 0.2) is 53.6 Å². The number of nitrogens with zero attached hydrogens (tertiary/aromatic N) is 3. The van der Waals surface area contributed by atoms with Crippen LogP contribution in [0.1, 0.15) is 16.8 Å². The normalized spacial score (nSPS) is 15.3. The van der Waals surface area contributed by atoms with Crippen molar-refractivity contribution in [3.63, 3.8) is 0 Å². The third-order valence-corrected chi connectivity index (χ3v) is 7.56. The summed E-state index contributed by atoms with van der Waals surface area (Å²) in [7, 11) is -3.44. The Morgan fingerprint density at radius 3 is 2.48 bits per heavy atom. The van der Waals surface area contributed by atoms with Gasteiger partial charge >= 0.3 is 0 Å². The summed E-state index contributed by atoms with van der Waals surface area (Å²) in [4.78, 5) is 18.8. The third-order valence-electron chi connectivity index (χ3n) is 4.82. The van der Waals surface area contributed by atoms with E-state index in [-0.39, 0.29) is 29.2 Å². The van der Waals surface area contributed by atoms with Crippen molar-refractivity contribution in [2.75, 3.05) is 43.4 Å². The van der Waals surface area contributed by atoms with Crippen molar-refractivity contribution < 1.29 is 22.0 Å². The van der Waals surface area contributed by atoms with Crippen LogP contribution in [0, 0.1) is 0 Å². The maximum Gasteiger partial charge on any atom is 0.288 e. The minimum atomic E-state index is -3.44. The number of hydrogen-bond acceptors (Lipinski definition) is 6. The molecule has 1 saturated heterocycles. The third kappa shape index (κ3) is 6.62. The van der Waals surface area contributed by atoms with Crippen LogP contribution in [0.5, 0.6) is 0 Å². The van der Waals surface area contributed by atoms with Gasteiger partial charge in [-0.05, 0) is 30.7 Å². The fourth-order valence-corrected chi connectivity index (χ4v) is 5.39. The summed E-state index contributed by atoms with van der Waals surface area (Å²) in [6.07, 6.45) is 1.94. The lowest BCUT2D eigenvalue weighted by Crippen LogP contribution is -2.49. The van der Waals surface area contributed by atoms with Gasteiger partial charge in [-0.15, -0.1) is 0 Å². The highest BCUT2D eigenvalue weighted by atomic mass is 32.2. The van der Waals surface area contributed by atoms with Crippen LogP contribution in [0.3, 0.4) is 0 Å². The first-order chi connectivity index (χ1) is 14.9. The Kier molecular flexibility index (Phi) is 8.22. The molecule has 31 heavy (non-hydrogen) atoms. The van der Waals surface area contributed by atoms with E-state index in [1.165, 1.54) is 16.4 Å². The van der Waals surface area contributed by atoms with E-state index in [4.69, 9.17) is 0 Å². The number of nitrogens with one attached hydrogen (secondary N) is 1. The molecule has 0 aliphatic carbocycles. The molecule has 168 valence electrons. The highest BCUT2D eigenvalue weighted by Gasteiger charge is 2.27. The van der Waals surface area contributed by atoms with E-state index in [2.05, 4.69) is 10.3 Å². The molecule has 2 heterocycles. The monoisotopic (exact) mass is 470 g/mol. The zero-order valence-electron chi connectivity index (χ0n) is 16.8. The first-order valence-corrected chi connectivity index (χ1v) is 12.3. The van der Waals surface area contributed by atoms with E-state index in [9.17, 15) is 22.0 Å². The Morgan fingerprint density at radius 2 is 1.81 bits per heavy atom. The van der Waals surface area contributed by atoms with Crippen LogP contribution in [0.4, 0.5) is 14.6 Å². The smallest absolute Gasteiger partial charge is 0.288 e. The Morgan fingerprint density at radius 1 is 1.10 bits per heavy atom. The van der Waals surface area contributed by atoms with Crippen molar-refractivity contribution in [3.8, 4) is 0 Å². The topological polar surface area (TPSA) is 82.6 Å². The molecule has 0 bridgehead atoms. The van der Waals surface area contributed by atoms with Gasteiger partial charge in [0.15, 0.2) is 0 Å². The van der Waals surface area contributed by atoms with Crippen molar-refractivity contribution in [2.24, 2.45) is 0 Å². The van der Waals surface area contributed by atoms with Crippen LogP contribution in [0.2, 0.25) is 0 Å². The molecule has 0 radical (unpaired) electrons. The summed E-state index contributed by atoms with van der Waals surface area (Å²) in [5.74, 6) is -2.39. The zero-order chi connectivity index (χ0) is 22.3. The maximum absolute atomic E-state index is 12.7. The number of rotatable bonds is 9. The van der Waals surface area contributed by atoms with E-state index in [0.717, 1.165) is 5.82 Å². The van der Waals surface area contributed by atoms with Gasteiger partial charge in [-0.1, -0.05) is 30.0 Å². The van der Waals surface area contributed by atoms with Crippen molar-refractivity contribution in [3.05, 3.63) is 54.2 Å². The molecule has 11 heteroatoms. The second-order valence-electron chi connectivity index (χ2n) is 6.87.